The molecule has 7 heteroatoms. The van der Waals surface area contributed by atoms with Gasteiger partial charge in [0.05, 0.1) is 15.5 Å². The molecule has 2 rings (SSSR count). The Morgan fingerprint density at radius 1 is 1.37 bits per heavy atom. The average molecular weight is 369 g/mol. The predicted octanol–water partition coefficient (Wildman–Crippen LogP) is 2.64. The van der Waals surface area contributed by atoms with Crippen LogP contribution in [-0.2, 0) is 10.0 Å². The van der Waals surface area contributed by atoms with Gasteiger partial charge in [0, 0.05) is 17.6 Å². The SMILES string of the molecule is CC1(O)CCN(S(=O)(=O)c2ccc(Cl)c(Br)c2)CC1. The van der Waals surface area contributed by atoms with Crippen LogP contribution in [0.1, 0.15) is 19.8 Å². The summed E-state index contributed by atoms with van der Waals surface area (Å²) in [4.78, 5) is 0.213. The Hall–Kier alpha value is -0.140. The third kappa shape index (κ3) is 3.31. The molecule has 1 aromatic carbocycles. The zero-order valence-electron chi connectivity index (χ0n) is 10.4. The van der Waals surface area contributed by atoms with E-state index in [2.05, 4.69) is 15.9 Å². The number of aliphatic hydroxyl groups is 1. The first-order valence-corrected chi connectivity index (χ1v) is 8.51. The van der Waals surface area contributed by atoms with E-state index in [0.717, 1.165) is 0 Å². The van der Waals surface area contributed by atoms with Gasteiger partial charge in [0.25, 0.3) is 0 Å². The van der Waals surface area contributed by atoms with E-state index < -0.39 is 15.6 Å². The van der Waals surface area contributed by atoms with Crippen molar-refractivity contribution in [1.29, 1.82) is 0 Å². The van der Waals surface area contributed by atoms with Crippen molar-refractivity contribution in [2.24, 2.45) is 0 Å². The number of benzene rings is 1. The molecule has 0 spiro atoms. The van der Waals surface area contributed by atoms with E-state index in [9.17, 15) is 13.5 Å². The summed E-state index contributed by atoms with van der Waals surface area (Å²) in [5.41, 5.74) is -0.771. The van der Waals surface area contributed by atoms with Gasteiger partial charge in [-0.15, -0.1) is 0 Å². The minimum atomic E-state index is -3.52. The number of hydrogen-bond acceptors (Lipinski definition) is 3. The summed E-state index contributed by atoms with van der Waals surface area (Å²) in [6, 6.07) is 4.55. The van der Waals surface area contributed by atoms with Crippen molar-refractivity contribution in [1.82, 2.24) is 4.31 Å². The Kier molecular flexibility index (Phi) is 4.28. The zero-order chi connectivity index (χ0) is 14.3. The lowest BCUT2D eigenvalue weighted by atomic mass is 9.95. The Morgan fingerprint density at radius 2 is 1.95 bits per heavy atom. The zero-order valence-corrected chi connectivity index (χ0v) is 13.6. The smallest absolute Gasteiger partial charge is 0.243 e. The first-order chi connectivity index (χ1) is 8.72. The fourth-order valence-corrected chi connectivity index (χ4v) is 4.11. The summed E-state index contributed by atoms with van der Waals surface area (Å²) in [7, 11) is -3.52. The van der Waals surface area contributed by atoms with E-state index in [1.807, 2.05) is 0 Å². The molecule has 0 saturated carbocycles. The fourth-order valence-electron chi connectivity index (χ4n) is 1.99. The Labute approximate surface area is 126 Å². The predicted molar refractivity (Wildman–Crippen MR) is 77.8 cm³/mol. The molecule has 0 atom stereocenters. The second-order valence-corrected chi connectivity index (χ2v) is 8.18. The van der Waals surface area contributed by atoms with Crippen LogP contribution >= 0.6 is 27.5 Å². The van der Waals surface area contributed by atoms with Gasteiger partial charge in [-0.05, 0) is 53.9 Å². The van der Waals surface area contributed by atoms with Gasteiger partial charge in [0.2, 0.25) is 10.0 Å². The van der Waals surface area contributed by atoms with E-state index in [-0.39, 0.29) is 4.90 Å². The lowest BCUT2D eigenvalue weighted by molar-refractivity contribution is 0.0126. The molecule has 106 valence electrons. The summed E-state index contributed by atoms with van der Waals surface area (Å²) >= 11 is 9.09. The van der Waals surface area contributed by atoms with Crippen molar-refractivity contribution in [3.8, 4) is 0 Å². The molecule has 4 nitrogen and oxygen atoms in total. The topological polar surface area (TPSA) is 57.6 Å². The number of halogens is 2. The summed E-state index contributed by atoms with van der Waals surface area (Å²) in [5.74, 6) is 0. The molecule has 0 amide bonds. The van der Waals surface area contributed by atoms with E-state index in [1.165, 1.54) is 16.4 Å². The van der Waals surface area contributed by atoms with Crippen LogP contribution in [0, 0.1) is 0 Å². The van der Waals surface area contributed by atoms with Crippen LogP contribution in [0.2, 0.25) is 5.02 Å². The van der Waals surface area contributed by atoms with Crippen molar-refractivity contribution in [2.45, 2.75) is 30.3 Å². The van der Waals surface area contributed by atoms with E-state index in [1.54, 1.807) is 13.0 Å². The maximum atomic E-state index is 12.4. The summed E-state index contributed by atoms with van der Waals surface area (Å²) < 4.78 is 26.8. The maximum Gasteiger partial charge on any atom is 0.243 e. The lowest BCUT2D eigenvalue weighted by Gasteiger charge is -2.35. The van der Waals surface area contributed by atoms with E-state index >= 15 is 0 Å². The molecule has 0 radical (unpaired) electrons. The molecular weight excluding hydrogens is 354 g/mol. The third-order valence-electron chi connectivity index (χ3n) is 3.33. The number of hydrogen-bond donors (Lipinski definition) is 1. The quantitative estimate of drug-likeness (QED) is 0.873. The highest BCUT2D eigenvalue weighted by Crippen LogP contribution is 2.29. The second-order valence-electron chi connectivity index (χ2n) is 4.98. The van der Waals surface area contributed by atoms with E-state index in [4.69, 9.17) is 11.6 Å². The maximum absolute atomic E-state index is 12.4. The molecule has 0 aromatic heterocycles. The van der Waals surface area contributed by atoms with Crippen molar-refractivity contribution < 1.29 is 13.5 Å². The van der Waals surface area contributed by atoms with Crippen molar-refractivity contribution in [3.05, 3.63) is 27.7 Å². The van der Waals surface area contributed by atoms with Crippen molar-refractivity contribution in [3.63, 3.8) is 0 Å². The van der Waals surface area contributed by atoms with Gasteiger partial charge < -0.3 is 5.11 Å². The van der Waals surface area contributed by atoms with Crippen LogP contribution in [0.15, 0.2) is 27.6 Å². The first-order valence-electron chi connectivity index (χ1n) is 5.90. The lowest BCUT2D eigenvalue weighted by Crippen LogP contribution is -2.45. The molecule has 1 heterocycles. The molecule has 19 heavy (non-hydrogen) atoms. The van der Waals surface area contributed by atoms with Gasteiger partial charge in [-0.1, -0.05) is 11.6 Å². The van der Waals surface area contributed by atoms with Crippen LogP contribution in [0.3, 0.4) is 0 Å². The molecule has 1 fully saturated rings. The number of nitrogens with zero attached hydrogens (tertiary/aromatic N) is 1. The molecule has 0 unspecified atom stereocenters. The minimum Gasteiger partial charge on any atom is -0.390 e. The molecule has 1 aliphatic rings. The van der Waals surface area contributed by atoms with Gasteiger partial charge in [0.1, 0.15) is 0 Å². The van der Waals surface area contributed by atoms with Gasteiger partial charge in [-0.2, -0.15) is 4.31 Å². The molecular formula is C12H15BrClNO3S. The molecule has 0 aliphatic carbocycles. The van der Waals surface area contributed by atoms with Gasteiger partial charge in [-0.3, -0.25) is 0 Å². The van der Waals surface area contributed by atoms with Gasteiger partial charge >= 0.3 is 0 Å². The van der Waals surface area contributed by atoms with Crippen LogP contribution in [0.5, 0.6) is 0 Å². The van der Waals surface area contributed by atoms with E-state index in [0.29, 0.717) is 35.4 Å². The number of sulfonamides is 1. The van der Waals surface area contributed by atoms with Gasteiger partial charge in [0.15, 0.2) is 0 Å². The standard InChI is InChI=1S/C12H15BrClNO3S/c1-12(16)4-6-15(7-5-12)19(17,18)9-2-3-11(14)10(13)8-9/h2-3,8,16H,4-7H2,1H3. The number of rotatable bonds is 2. The second kappa shape index (κ2) is 5.33. The van der Waals surface area contributed by atoms with Crippen LogP contribution in [0.25, 0.3) is 0 Å². The molecule has 1 N–H and O–H groups in total. The third-order valence-corrected chi connectivity index (χ3v) is 6.44. The summed E-state index contributed by atoms with van der Waals surface area (Å²) in [6.07, 6.45) is 0.891. The average Bonchev–Trinajstić information content (AvgIpc) is 2.32. The van der Waals surface area contributed by atoms with Crippen LogP contribution in [0.4, 0.5) is 0 Å². The number of piperidine rings is 1. The fraction of sp³-hybridized carbons (Fsp3) is 0.500. The molecule has 0 bridgehead atoms. The first kappa shape index (κ1) is 15.3. The Morgan fingerprint density at radius 3 is 2.47 bits per heavy atom. The van der Waals surface area contributed by atoms with Crippen LogP contribution in [-0.4, -0.2) is 36.5 Å². The molecule has 1 aliphatic heterocycles. The molecule has 1 saturated heterocycles. The van der Waals surface area contributed by atoms with Gasteiger partial charge in [-0.25, -0.2) is 8.42 Å². The van der Waals surface area contributed by atoms with Crippen molar-refractivity contribution in [2.75, 3.05) is 13.1 Å². The highest BCUT2D eigenvalue weighted by atomic mass is 79.9. The normalized spacial score (nSPS) is 20.4. The summed E-state index contributed by atoms with van der Waals surface area (Å²) in [6.45, 7) is 2.39. The van der Waals surface area contributed by atoms with Crippen molar-refractivity contribution >= 4 is 37.6 Å². The monoisotopic (exact) mass is 367 g/mol. The highest BCUT2D eigenvalue weighted by molar-refractivity contribution is 9.10. The highest BCUT2D eigenvalue weighted by Gasteiger charge is 2.34. The summed E-state index contributed by atoms with van der Waals surface area (Å²) in [5, 5.41) is 10.3. The largest absolute Gasteiger partial charge is 0.390 e. The Balaban J connectivity index is 2.25. The Bertz CT molecular complexity index is 579. The van der Waals surface area contributed by atoms with Crippen LogP contribution < -0.4 is 0 Å². The minimum absolute atomic E-state index is 0.213. The molecule has 1 aromatic rings.